The molecule has 1 aliphatic carbocycles. The van der Waals surface area contributed by atoms with Crippen molar-refractivity contribution < 1.29 is 0 Å². The van der Waals surface area contributed by atoms with Crippen molar-refractivity contribution in [1.29, 1.82) is 0 Å². The van der Waals surface area contributed by atoms with E-state index < -0.39 is 0 Å². The van der Waals surface area contributed by atoms with Crippen LogP contribution >= 0.6 is 0 Å². The van der Waals surface area contributed by atoms with Gasteiger partial charge in [0.1, 0.15) is 0 Å². The largest absolute Gasteiger partial charge is 0.0802 e. The van der Waals surface area contributed by atoms with Crippen LogP contribution in [0.2, 0.25) is 0 Å². The van der Waals surface area contributed by atoms with Crippen molar-refractivity contribution >= 4 is 6.08 Å². The van der Waals surface area contributed by atoms with E-state index in [9.17, 15) is 0 Å². The van der Waals surface area contributed by atoms with E-state index in [2.05, 4.69) is 67.6 Å². The molecule has 18 heavy (non-hydrogen) atoms. The van der Waals surface area contributed by atoms with Gasteiger partial charge in [-0.25, -0.2) is 0 Å². The second-order valence-electron chi connectivity index (χ2n) is 5.21. The summed E-state index contributed by atoms with van der Waals surface area (Å²) in [6.45, 7) is 2.13. The van der Waals surface area contributed by atoms with E-state index in [4.69, 9.17) is 0 Å². The fraction of sp³-hybridized carbons (Fsp3) is 0.222. The number of benzene rings is 2. The molecule has 0 saturated heterocycles. The van der Waals surface area contributed by atoms with E-state index in [0.29, 0.717) is 5.92 Å². The molecule has 0 N–H and O–H groups in total. The van der Waals surface area contributed by atoms with Crippen molar-refractivity contribution in [3.8, 4) is 0 Å². The fourth-order valence-electron chi connectivity index (χ4n) is 2.65. The van der Waals surface area contributed by atoms with E-state index in [1.807, 2.05) is 0 Å². The zero-order valence-corrected chi connectivity index (χ0v) is 10.8. The lowest BCUT2D eigenvalue weighted by Gasteiger charge is -2.01. The van der Waals surface area contributed by atoms with Crippen LogP contribution in [0.5, 0.6) is 0 Å². The molecule has 0 heteroatoms. The van der Waals surface area contributed by atoms with Crippen LogP contribution in [-0.4, -0.2) is 0 Å². The molecule has 0 heterocycles. The Hall–Kier alpha value is -1.82. The Labute approximate surface area is 109 Å². The molecule has 0 nitrogen and oxygen atoms in total. The van der Waals surface area contributed by atoms with E-state index >= 15 is 0 Å². The molecule has 90 valence electrons. The van der Waals surface area contributed by atoms with Crippen LogP contribution in [-0.2, 0) is 12.8 Å². The van der Waals surface area contributed by atoms with Crippen molar-refractivity contribution in [3.05, 3.63) is 76.9 Å². The minimum Gasteiger partial charge on any atom is -0.0802 e. The van der Waals surface area contributed by atoms with Crippen LogP contribution in [0.3, 0.4) is 0 Å². The van der Waals surface area contributed by atoms with Crippen LogP contribution in [0.1, 0.15) is 22.3 Å². The molecule has 1 aliphatic rings. The van der Waals surface area contributed by atoms with E-state index in [0.717, 1.165) is 0 Å². The third kappa shape index (κ3) is 2.38. The SMILES string of the molecule is Cc1ccc(/C=C/C2Cc3ccccc3C2)cc1. The maximum Gasteiger partial charge on any atom is -0.0149 e. The highest BCUT2D eigenvalue weighted by atomic mass is 14.2. The topological polar surface area (TPSA) is 0 Å². The van der Waals surface area contributed by atoms with Crippen molar-refractivity contribution in [2.75, 3.05) is 0 Å². The molecule has 0 bridgehead atoms. The minimum absolute atomic E-state index is 0.670. The number of allylic oxidation sites excluding steroid dienone is 1. The smallest absolute Gasteiger partial charge is 0.0149 e. The highest BCUT2D eigenvalue weighted by Crippen LogP contribution is 2.27. The van der Waals surface area contributed by atoms with Crippen LogP contribution in [0.15, 0.2) is 54.6 Å². The summed E-state index contributed by atoms with van der Waals surface area (Å²) in [5.74, 6) is 0.670. The van der Waals surface area contributed by atoms with Gasteiger partial charge in [-0.15, -0.1) is 0 Å². The second-order valence-corrected chi connectivity index (χ2v) is 5.21. The highest BCUT2D eigenvalue weighted by molar-refractivity contribution is 5.50. The Bertz CT molecular complexity index is 536. The third-order valence-corrected chi connectivity index (χ3v) is 3.72. The summed E-state index contributed by atoms with van der Waals surface area (Å²) in [7, 11) is 0. The van der Waals surface area contributed by atoms with E-state index in [1.165, 1.54) is 35.1 Å². The summed E-state index contributed by atoms with van der Waals surface area (Å²) < 4.78 is 0. The molecule has 0 spiro atoms. The third-order valence-electron chi connectivity index (χ3n) is 3.72. The molecular weight excluding hydrogens is 216 g/mol. The summed E-state index contributed by atoms with van der Waals surface area (Å²) >= 11 is 0. The molecular formula is C18H18. The predicted molar refractivity (Wildman–Crippen MR) is 77.6 cm³/mol. The fourth-order valence-corrected chi connectivity index (χ4v) is 2.65. The quantitative estimate of drug-likeness (QED) is 0.721. The summed E-state index contributed by atoms with van der Waals surface area (Å²) in [6, 6.07) is 17.5. The van der Waals surface area contributed by atoms with Crippen LogP contribution < -0.4 is 0 Å². The molecule has 0 atom stereocenters. The van der Waals surface area contributed by atoms with Crippen molar-refractivity contribution in [3.63, 3.8) is 0 Å². The van der Waals surface area contributed by atoms with Gasteiger partial charge >= 0.3 is 0 Å². The number of hydrogen-bond acceptors (Lipinski definition) is 0. The Balaban J connectivity index is 1.71. The molecule has 0 unspecified atom stereocenters. The Morgan fingerprint density at radius 1 is 0.889 bits per heavy atom. The van der Waals surface area contributed by atoms with Gasteiger partial charge in [-0.2, -0.15) is 0 Å². The normalized spacial score (nSPS) is 15.2. The van der Waals surface area contributed by atoms with Crippen LogP contribution in [0.4, 0.5) is 0 Å². The minimum atomic E-state index is 0.670. The first-order valence-corrected chi connectivity index (χ1v) is 6.63. The van der Waals surface area contributed by atoms with Gasteiger partial charge in [0.05, 0.1) is 0 Å². The molecule has 0 fully saturated rings. The zero-order chi connectivity index (χ0) is 12.4. The van der Waals surface area contributed by atoms with Gasteiger partial charge in [-0.05, 0) is 42.4 Å². The summed E-state index contributed by atoms with van der Waals surface area (Å²) in [5.41, 5.74) is 5.67. The highest BCUT2D eigenvalue weighted by Gasteiger charge is 2.17. The number of fused-ring (bicyclic) bond motifs is 1. The molecule has 0 saturated carbocycles. The Morgan fingerprint density at radius 2 is 1.50 bits per heavy atom. The van der Waals surface area contributed by atoms with Gasteiger partial charge in [0.25, 0.3) is 0 Å². The average molecular weight is 234 g/mol. The Kier molecular flexibility index (Phi) is 3.02. The molecule has 2 aromatic carbocycles. The molecule has 3 rings (SSSR count). The molecule has 0 amide bonds. The number of aryl methyl sites for hydroxylation is 1. The monoisotopic (exact) mass is 234 g/mol. The molecule has 0 aliphatic heterocycles. The lowest BCUT2D eigenvalue weighted by atomic mass is 10.0. The maximum absolute atomic E-state index is 2.37. The van der Waals surface area contributed by atoms with E-state index in [-0.39, 0.29) is 0 Å². The summed E-state index contributed by atoms with van der Waals surface area (Å²) in [5, 5.41) is 0. The van der Waals surface area contributed by atoms with Crippen molar-refractivity contribution in [2.24, 2.45) is 5.92 Å². The zero-order valence-electron chi connectivity index (χ0n) is 10.8. The first-order chi connectivity index (χ1) is 8.81. The van der Waals surface area contributed by atoms with E-state index in [1.54, 1.807) is 0 Å². The first-order valence-electron chi connectivity index (χ1n) is 6.63. The van der Waals surface area contributed by atoms with Crippen LogP contribution in [0, 0.1) is 12.8 Å². The molecule has 0 radical (unpaired) electrons. The Morgan fingerprint density at radius 3 is 2.11 bits per heavy atom. The summed E-state index contributed by atoms with van der Waals surface area (Å²) in [4.78, 5) is 0. The second kappa shape index (κ2) is 4.81. The van der Waals surface area contributed by atoms with Crippen molar-refractivity contribution in [2.45, 2.75) is 19.8 Å². The van der Waals surface area contributed by atoms with Crippen molar-refractivity contribution in [1.82, 2.24) is 0 Å². The van der Waals surface area contributed by atoms with Gasteiger partial charge < -0.3 is 0 Å². The van der Waals surface area contributed by atoms with Gasteiger partial charge in [-0.1, -0.05) is 66.2 Å². The first kappa shape index (κ1) is 11.3. The van der Waals surface area contributed by atoms with Gasteiger partial charge in [0, 0.05) is 0 Å². The molecule has 0 aromatic heterocycles. The lowest BCUT2D eigenvalue weighted by Crippen LogP contribution is -1.93. The lowest BCUT2D eigenvalue weighted by molar-refractivity contribution is 0.707. The molecule has 2 aromatic rings. The van der Waals surface area contributed by atoms with Gasteiger partial charge in [0.2, 0.25) is 0 Å². The maximum atomic E-state index is 2.37. The predicted octanol–water partition coefficient (Wildman–Crippen LogP) is 4.42. The van der Waals surface area contributed by atoms with Crippen LogP contribution in [0.25, 0.3) is 6.08 Å². The van der Waals surface area contributed by atoms with Gasteiger partial charge in [0.15, 0.2) is 0 Å². The average Bonchev–Trinajstić information content (AvgIpc) is 2.81. The standard InChI is InChI=1S/C18H18/c1-14-6-8-15(9-7-14)10-11-16-12-17-4-2-3-5-18(17)13-16/h2-11,16H,12-13H2,1H3/b11-10+. The summed E-state index contributed by atoms with van der Waals surface area (Å²) in [6.07, 6.45) is 7.01. The number of rotatable bonds is 2. The van der Waals surface area contributed by atoms with Gasteiger partial charge in [-0.3, -0.25) is 0 Å². The number of hydrogen-bond donors (Lipinski definition) is 0.